The number of H-pyrrole nitrogens is 1. The second kappa shape index (κ2) is 7.69. The minimum Gasteiger partial charge on any atom is -0.350 e. The number of hydrogen-bond donors (Lipinski definition) is 4. The summed E-state index contributed by atoms with van der Waals surface area (Å²) in [6.45, 7) is 6.41. The Labute approximate surface area is 157 Å². The number of nitrogens with one attached hydrogen (secondary N) is 4. The van der Waals surface area contributed by atoms with Gasteiger partial charge in [-0.2, -0.15) is 0 Å². The monoisotopic (exact) mass is 372 g/mol. The highest BCUT2D eigenvalue weighted by atomic mass is 32.2. The third-order valence-corrected chi connectivity index (χ3v) is 5.77. The Morgan fingerprint density at radius 2 is 2.38 bits per heavy atom. The number of aromatic nitrogens is 2. The lowest BCUT2D eigenvalue weighted by Crippen LogP contribution is -2.53. The van der Waals surface area contributed by atoms with Crippen LogP contribution >= 0.6 is 11.8 Å². The summed E-state index contributed by atoms with van der Waals surface area (Å²) in [6, 6.07) is 2.31. The van der Waals surface area contributed by atoms with Crippen molar-refractivity contribution in [2.75, 3.05) is 43.4 Å². The van der Waals surface area contributed by atoms with Crippen LogP contribution in [0, 0.1) is 6.92 Å². The van der Waals surface area contributed by atoms with Crippen LogP contribution in [0.1, 0.15) is 5.56 Å². The predicted octanol–water partition coefficient (Wildman–Crippen LogP) is 0.944. The maximum Gasteiger partial charge on any atom is 0.259 e. The van der Waals surface area contributed by atoms with E-state index in [-0.39, 0.29) is 5.91 Å². The third-order valence-electron chi connectivity index (χ3n) is 4.78. The van der Waals surface area contributed by atoms with Crippen LogP contribution in [-0.4, -0.2) is 60.4 Å². The van der Waals surface area contributed by atoms with Gasteiger partial charge < -0.3 is 25.8 Å². The summed E-state index contributed by atoms with van der Waals surface area (Å²) >= 11 is 1.62. The van der Waals surface area contributed by atoms with Gasteiger partial charge in [0.15, 0.2) is 0 Å². The Morgan fingerprint density at radius 3 is 3.23 bits per heavy atom. The molecule has 0 bridgehead atoms. The van der Waals surface area contributed by atoms with Crippen molar-refractivity contribution in [3.05, 3.63) is 35.1 Å². The number of carbonyl (C=O) groups excluding carboxylic acids is 1. The summed E-state index contributed by atoms with van der Waals surface area (Å²) in [5.41, 5.74) is 3.14. The highest BCUT2D eigenvalue weighted by Gasteiger charge is 2.21. The van der Waals surface area contributed by atoms with Crippen molar-refractivity contribution in [1.29, 1.82) is 0 Å². The largest absolute Gasteiger partial charge is 0.350 e. The number of amides is 1. The topological polar surface area (TPSA) is 85.1 Å². The molecule has 2 aromatic heterocycles. The lowest BCUT2D eigenvalue weighted by molar-refractivity contribution is -0.116. The standard InChI is InChI=1S/C18H24N6OS/c1-12-8-22-17-16(12)14(2-3-21-17)24-6-7-26-15(11-24)18(25)23-10-13-9-19-4-5-20-13/h2-3,8,11,13,19-20H,4-7,9-10H2,1H3,(H,21,22)(H,23,25). The normalized spacial score (nSPS) is 20.9. The highest BCUT2D eigenvalue weighted by molar-refractivity contribution is 8.04. The lowest BCUT2D eigenvalue weighted by atomic mass is 10.2. The summed E-state index contributed by atoms with van der Waals surface area (Å²) < 4.78 is 0. The molecular weight excluding hydrogens is 348 g/mol. The van der Waals surface area contributed by atoms with Gasteiger partial charge in [0.2, 0.25) is 0 Å². The molecule has 7 nitrogen and oxygen atoms in total. The molecule has 138 valence electrons. The van der Waals surface area contributed by atoms with Crippen LogP contribution < -0.4 is 20.9 Å². The van der Waals surface area contributed by atoms with E-state index < -0.39 is 0 Å². The van der Waals surface area contributed by atoms with Crippen LogP contribution in [0.15, 0.2) is 29.6 Å². The van der Waals surface area contributed by atoms with Gasteiger partial charge in [0.1, 0.15) is 5.65 Å². The fourth-order valence-corrected chi connectivity index (χ4v) is 4.32. The summed E-state index contributed by atoms with van der Waals surface area (Å²) in [7, 11) is 0. The van der Waals surface area contributed by atoms with Crippen molar-refractivity contribution in [1.82, 2.24) is 25.9 Å². The van der Waals surface area contributed by atoms with Crippen LogP contribution in [0.3, 0.4) is 0 Å². The zero-order valence-corrected chi connectivity index (χ0v) is 15.7. The van der Waals surface area contributed by atoms with Gasteiger partial charge in [-0.05, 0) is 18.6 Å². The van der Waals surface area contributed by atoms with Crippen LogP contribution in [0.2, 0.25) is 0 Å². The van der Waals surface area contributed by atoms with E-state index in [1.807, 2.05) is 24.7 Å². The number of rotatable bonds is 4. The number of aryl methyl sites for hydroxylation is 1. The molecule has 1 amide bonds. The van der Waals surface area contributed by atoms with Gasteiger partial charge in [0, 0.05) is 68.5 Å². The number of piperazine rings is 1. The van der Waals surface area contributed by atoms with Crippen molar-refractivity contribution in [3.8, 4) is 0 Å². The summed E-state index contributed by atoms with van der Waals surface area (Å²) in [5, 5.41) is 10.9. The Bertz CT molecular complexity index is 826. The molecule has 4 heterocycles. The first-order chi connectivity index (χ1) is 12.7. The zero-order chi connectivity index (χ0) is 17.9. The smallest absolute Gasteiger partial charge is 0.259 e. The van der Waals surface area contributed by atoms with E-state index in [4.69, 9.17) is 0 Å². The van der Waals surface area contributed by atoms with E-state index in [2.05, 4.69) is 37.7 Å². The van der Waals surface area contributed by atoms with Crippen molar-refractivity contribution in [2.45, 2.75) is 13.0 Å². The van der Waals surface area contributed by atoms with Gasteiger partial charge in [-0.15, -0.1) is 11.8 Å². The fraction of sp³-hybridized carbons (Fsp3) is 0.444. The lowest BCUT2D eigenvalue weighted by Gasteiger charge is -2.28. The number of aromatic amines is 1. The first-order valence-electron chi connectivity index (χ1n) is 8.98. The SMILES string of the molecule is Cc1c[nH]c2nccc(N3C=C(C(=O)NCC4CNCCN4)SCC3)c12. The van der Waals surface area contributed by atoms with Crippen molar-refractivity contribution >= 4 is 34.4 Å². The zero-order valence-electron chi connectivity index (χ0n) is 14.8. The minimum atomic E-state index is 0.00293. The van der Waals surface area contributed by atoms with E-state index in [1.54, 1.807) is 11.8 Å². The number of pyridine rings is 1. The van der Waals surface area contributed by atoms with Crippen molar-refractivity contribution in [3.63, 3.8) is 0 Å². The van der Waals surface area contributed by atoms with Gasteiger partial charge >= 0.3 is 0 Å². The summed E-state index contributed by atoms with van der Waals surface area (Å²) in [6.07, 6.45) is 5.75. The first kappa shape index (κ1) is 17.4. The Balaban J connectivity index is 1.49. The average Bonchev–Trinajstić information content (AvgIpc) is 3.08. The van der Waals surface area contributed by atoms with Crippen molar-refractivity contribution < 1.29 is 4.79 Å². The van der Waals surface area contributed by atoms with E-state index in [0.29, 0.717) is 12.6 Å². The second-order valence-electron chi connectivity index (χ2n) is 6.63. The molecule has 2 aromatic rings. The Hall–Kier alpha value is -2.03. The van der Waals surface area contributed by atoms with Crippen LogP contribution in [0.4, 0.5) is 5.69 Å². The van der Waals surface area contributed by atoms with E-state index >= 15 is 0 Å². The summed E-state index contributed by atoms with van der Waals surface area (Å²) in [5.74, 6) is 0.888. The number of hydrogen-bond acceptors (Lipinski definition) is 6. The fourth-order valence-electron chi connectivity index (χ4n) is 3.41. The molecule has 2 aliphatic heterocycles. The van der Waals surface area contributed by atoms with Gasteiger partial charge in [-0.25, -0.2) is 4.98 Å². The molecule has 0 radical (unpaired) electrons. The summed E-state index contributed by atoms with van der Waals surface area (Å²) in [4.78, 5) is 23.1. The highest BCUT2D eigenvalue weighted by Crippen LogP contribution is 2.32. The number of anilines is 1. The molecule has 1 unspecified atom stereocenters. The quantitative estimate of drug-likeness (QED) is 0.639. The molecule has 4 N–H and O–H groups in total. The van der Waals surface area contributed by atoms with E-state index in [0.717, 1.165) is 59.1 Å². The van der Waals surface area contributed by atoms with Crippen LogP contribution in [0.5, 0.6) is 0 Å². The third kappa shape index (κ3) is 3.58. The van der Waals surface area contributed by atoms with Crippen LogP contribution in [0.25, 0.3) is 11.0 Å². The van der Waals surface area contributed by atoms with Crippen LogP contribution in [-0.2, 0) is 4.79 Å². The maximum atomic E-state index is 12.6. The molecule has 2 aliphatic rings. The van der Waals surface area contributed by atoms with Gasteiger partial charge in [-0.1, -0.05) is 0 Å². The van der Waals surface area contributed by atoms with E-state index in [1.165, 1.54) is 0 Å². The second-order valence-corrected chi connectivity index (χ2v) is 7.76. The average molecular weight is 372 g/mol. The Kier molecular flexibility index (Phi) is 5.14. The van der Waals surface area contributed by atoms with Gasteiger partial charge in [0.25, 0.3) is 5.91 Å². The molecule has 1 saturated heterocycles. The molecule has 26 heavy (non-hydrogen) atoms. The number of thioether (sulfide) groups is 1. The number of fused-ring (bicyclic) bond motifs is 1. The number of carbonyl (C=O) groups is 1. The van der Waals surface area contributed by atoms with E-state index in [9.17, 15) is 4.79 Å². The Morgan fingerprint density at radius 1 is 1.46 bits per heavy atom. The molecule has 1 atom stereocenters. The molecule has 0 aliphatic carbocycles. The molecular formula is C18H24N6OS. The molecule has 0 aromatic carbocycles. The molecule has 0 spiro atoms. The molecule has 0 saturated carbocycles. The first-order valence-corrected chi connectivity index (χ1v) is 9.97. The number of nitrogens with zero attached hydrogens (tertiary/aromatic N) is 2. The van der Waals surface area contributed by atoms with Gasteiger partial charge in [0.05, 0.1) is 10.6 Å². The van der Waals surface area contributed by atoms with Crippen molar-refractivity contribution in [2.24, 2.45) is 0 Å². The minimum absolute atomic E-state index is 0.00293. The molecule has 8 heteroatoms. The predicted molar refractivity (Wildman–Crippen MR) is 106 cm³/mol. The maximum absolute atomic E-state index is 12.6. The molecule has 1 fully saturated rings. The van der Waals surface area contributed by atoms with Gasteiger partial charge in [-0.3, -0.25) is 4.79 Å². The molecule has 4 rings (SSSR count).